The highest BCUT2D eigenvalue weighted by atomic mass is 16.5. The van der Waals surface area contributed by atoms with Crippen LogP contribution in [0.4, 0.5) is 0 Å². The van der Waals surface area contributed by atoms with Crippen LogP contribution in [0.2, 0.25) is 0 Å². The van der Waals surface area contributed by atoms with Gasteiger partial charge in [0, 0.05) is 12.1 Å². The van der Waals surface area contributed by atoms with Crippen LogP contribution in [0, 0.1) is 0 Å². The Morgan fingerprint density at radius 1 is 0.839 bits per heavy atom. The predicted octanol–water partition coefficient (Wildman–Crippen LogP) is 5.13. The van der Waals surface area contributed by atoms with Gasteiger partial charge in [-0.1, -0.05) is 48.5 Å². The van der Waals surface area contributed by atoms with Crippen molar-refractivity contribution in [3.63, 3.8) is 0 Å². The van der Waals surface area contributed by atoms with Gasteiger partial charge in [0.2, 0.25) is 0 Å². The second-order valence-electron chi connectivity index (χ2n) is 7.50. The minimum absolute atomic E-state index is 0.125. The SMILES string of the molecule is COc1cc(CNC(=O)c2ccc(COC(C)C)cc2)ccc1OCc1ccccc1. The normalized spacial score (nSPS) is 10.7. The Bertz CT molecular complexity index is 968. The number of hydrogen-bond donors (Lipinski definition) is 1. The van der Waals surface area contributed by atoms with Crippen LogP contribution in [0.3, 0.4) is 0 Å². The number of ether oxygens (including phenoxy) is 3. The molecule has 0 saturated carbocycles. The van der Waals surface area contributed by atoms with E-state index >= 15 is 0 Å². The van der Waals surface area contributed by atoms with Crippen LogP contribution in [-0.4, -0.2) is 19.1 Å². The third-order valence-electron chi connectivity index (χ3n) is 4.72. The van der Waals surface area contributed by atoms with Gasteiger partial charge < -0.3 is 19.5 Å². The standard InChI is InChI=1S/C26H29NO4/c1-19(2)30-17-21-9-12-23(13-10-21)26(28)27-16-22-11-14-24(25(15-22)29-3)31-18-20-7-5-4-6-8-20/h4-15,19H,16-18H2,1-3H3,(H,27,28). The van der Waals surface area contributed by atoms with Crippen molar-refractivity contribution in [1.29, 1.82) is 0 Å². The van der Waals surface area contributed by atoms with Gasteiger partial charge in [-0.2, -0.15) is 0 Å². The largest absolute Gasteiger partial charge is 0.493 e. The highest BCUT2D eigenvalue weighted by molar-refractivity contribution is 5.94. The Hall–Kier alpha value is -3.31. The van der Waals surface area contributed by atoms with E-state index in [1.807, 2.05) is 86.6 Å². The maximum Gasteiger partial charge on any atom is 0.251 e. The summed E-state index contributed by atoms with van der Waals surface area (Å²) < 4.78 is 16.9. The summed E-state index contributed by atoms with van der Waals surface area (Å²) in [7, 11) is 1.61. The third-order valence-corrected chi connectivity index (χ3v) is 4.72. The maximum absolute atomic E-state index is 12.5. The van der Waals surface area contributed by atoms with E-state index < -0.39 is 0 Å². The minimum atomic E-state index is -0.125. The summed E-state index contributed by atoms with van der Waals surface area (Å²) in [6.45, 7) is 5.40. The van der Waals surface area contributed by atoms with Gasteiger partial charge in [0.25, 0.3) is 5.91 Å². The number of benzene rings is 3. The average Bonchev–Trinajstić information content (AvgIpc) is 2.81. The number of hydrogen-bond acceptors (Lipinski definition) is 4. The molecule has 3 aromatic carbocycles. The summed E-state index contributed by atoms with van der Waals surface area (Å²) in [5.41, 5.74) is 3.67. The van der Waals surface area contributed by atoms with Gasteiger partial charge in [-0.3, -0.25) is 4.79 Å². The Balaban J connectivity index is 1.55. The Labute approximate surface area is 184 Å². The van der Waals surface area contributed by atoms with Gasteiger partial charge in [0.1, 0.15) is 6.61 Å². The molecular weight excluding hydrogens is 390 g/mol. The first-order valence-electron chi connectivity index (χ1n) is 10.4. The molecule has 0 aliphatic heterocycles. The summed E-state index contributed by atoms with van der Waals surface area (Å²) in [5.74, 6) is 1.18. The lowest BCUT2D eigenvalue weighted by molar-refractivity contribution is 0.0657. The first kappa shape index (κ1) is 22.4. The molecule has 0 radical (unpaired) electrons. The molecule has 3 aromatic rings. The molecule has 162 valence electrons. The van der Waals surface area contributed by atoms with E-state index in [-0.39, 0.29) is 12.0 Å². The molecule has 0 fully saturated rings. The average molecular weight is 420 g/mol. The fraction of sp³-hybridized carbons (Fsp3) is 0.269. The molecule has 5 nitrogen and oxygen atoms in total. The summed E-state index contributed by atoms with van der Waals surface area (Å²) >= 11 is 0. The zero-order valence-corrected chi connectivity index (χ0v) is 18.3. The molecule has 0 aliphatic carbocycles. The third kappa shape index (κ3) is 6.86. The first-order chi connectivity index (χ1) is 15.0. The fourth-order valence-electron chi connectivity index (χ4n) is 2.98. The van der Waals surface area contributed by atoms with Crippen LogP contribution in [0.1, 0.15) is 40.9 Å². The summed E-state index contributed by atoms with van der Waals surface area (Å²) in [6, 6.07) is 23.1. The Morgan fingerprint density at radius 3 is 2.19 bits per heavy atom. The van der Waals surface area contributed by atoms with Crippen molar-refractivity contribution in [2.45, 2.75) is 39.7 Å². The summed E-state index contributed by atoms with van der Waals surface area (Å²) in [4.78, 5) is 12.5. The lowest BCUT2D eigenvalue weighted by Gasteiger charge is -2.13. The number of carbonyl (C=O) groups is 1. The molecule has 31 heavy (non-hydrogen) atoms. The van der Waals surface area contributed by atoms with E-state index in [1.165, 1.54) is 0 Å². The number of carbonyl (C=O) groups excluding carboxylic acids is 1. The van der Waals surface area contributed by atoms with Crippen LogP contribution in [0.15, 0.2) is 72.8 Å². The van der Waals surface area contributed by atoms with Gasteiger partial charge in [-0.05, 0) is 54.8 Å². The summed E-state index contributed by atoms with van der Waals surface area (Å²) in [6.07, 6.45) is 0.176. The number of nitrogens with one attached hydrogen (secondary N) is 1. The van der Waals surface area contributed by atoms with Crippen molar-refractivity contribution in [3.05, 3.63) is 95.1 Å². The van der Waals surface area contributed by atoms with Crippen molar-refractivity contribution < 1.29 is 19.0 Å². The van der Waals surface area contributed by atoms with Crippen LogP contribution in [0.5, 0.6) is 11.5 Å². The predicted molar refractivity (Wildman–Crippen MR) is 121 cm³/mol. The molecule has 1 amide bonds. The second-order valence-corrected chi connectivity index (χ2v) is 7.50. The molecule has 0 spiro atoms. The smallest absolute Gasteiger partial charge is 0.251 e. The first-order valence-corrected chi connectivity index (χ1v) is 10.4. The van der Waals surface area contributed by atoms with Crippen molar-refractivity contribution in [1.82, 2.24) is 5.32 Å². The van der Waals surface area contributed by atoms with Crippen molar-refractivity contribution in [2.24, 2.45) is 0 Å². The van der Waals surface area contributed by atoms with Crippen molar-refractivity contribution >= 4 is 5.91 Å². The molecule has 0 bridgehead atoms. The number of amides is 1. The van der Waals surface area contributed by atoms with Crippen LogP contribution < -0.4 is 14.8 Å². The quantitative estimate of drug-likeness (QED) is 0.495. The second kappa shape index (κ2) is 11.2. The maximum atomic E-state index is 12.5. The number of rotatable bonds is 10. The molecule has 0 heterocycles. The molecule has 1 N–H and O–H groups in total. The molecule has 0 atom stereocenters. The summed E-state index contributed by atoms with van der Waals surface area (Å²) in [5, 5.41) is 2.95. The molecule has 0 aromatic heterocycles. The monoisotopic (exact) mass is 419 g/mol. The van der Waals surface area contributed by atoms with Crippen LogP contribution in [0.25, 0.3) is 0 Å². The van der Waals surface area contributed by atoms with E-state index in [0.717, 1.165) is 16.7 Å². The fourth-order valence-corrected chi connectivity index (χ4v) is 2.98. The van der Waals surface area contributed by atoms with Gasteiger partial charge in [-0.15, -0.1) is 0 Å². The van der Waals surface area contributed by atoms with Gasteiger partial charge >= 0.3 is 0 Å². The van der Waals surface area contributed by atoms with Gasteiger partial charge in [0.15, 0.2) is 11.5 Å². The van der Waals surface area contributed by atoms with E-state index in [0.29, 0.717) is 36.8 Å². The Kier molecular flexibility index (Phi) is 8.07. The van der Waals surface area contributed by atoms with E-state index in [4.69, 9.17) is 14.2 Å². The Morgan fingerprint density at radius 2 is 1.52 bits per heavy atom. The molecule has 0 aliphatic rings. The molecule has 0 saturated heterocycles. The van der Waals surface area contributed by atoms with Crippen molar-refractivity contribution in [3.8, 4) is 11.5 Å². The van der Waals surface area contributed by atoms with Gasteiger partial charge in [-0.25, -0.2) is 0 Å². The van der Waals surface area contributed by atoms with E-state index in [2.05, 4.69) is 5.32 Å². The molecular formula is C26H29NO4. The lowest BCUT2D eigenvalue weighted by atomic mass is 10.1. The lowest BCUT2D eigenvalue weighted by Crippen LogP contribution is -2.22. The zero-order valence-electron chi connectivity index (χ0n) is 18.3. The molecule has 5 heteroatoms. The number of methoxy groups -OCH3 is 1. The topological polar surface area (TPSA) is 56.8 Å². The van der Waals surface area contributed by atoms with Gasteiger partial charge in [0.05, 0.1) is 19.8 Å². The van der Waals surface area contributed by atoms with Crippen molar-refractivity contribution in [2.75, 3.05) is 7.11 Å². The highest BCUT2D eigenvalue weighted by Gasteiger charge is 2.09. The van der Waals surface area contributed by atoms with E-state index in [1.54, 1.807) is 7.11 Å². The van der Waals surface area contributed by atoms with Crippen LogP contribution in [-0.2, 0) is 24.5 Å². The highest BCUT2D eigenvalue weighted by Crippen LogP contribution is 2.29. The molecule has 3 rings (SSSR count). The molecule has 0 unspecified atom stereocenters. The minimum Gasteiger partial charge on any atom is -0.493 e. The van der Waals surface area contributed by atoms with E-state index in [9.17, 15) is 4.79 Å². The zero-order chi connectivity index (χ0) is 22.1. The van der Waals surface area contributed by atoms with Crippen LogP contribution >= 0.6 is 0 Å².